The fourth-order valence-corrected chi connectivity index (χ4v) is 1.68. The zero-order valence-electron chi connectivity index (χ0n) is 12.0. The number of hydrogen-bond donors (Lipinski definition) is 2. The maximum Gasteiger partial charge on any atom is 0.418 e. The Bertz CT molecular complexity index is 490. The summed E-state index contributed by atoms with van der Waals surface area (Å²) in [5.41, 5.74) is -1.36. The molecule has 0 heterocycles. The lowest BCUT2D eigenvalue weighted by atomic mass is 10.0. The van der Waals surface area contributed by atoms with Crippen molar-refractivity contribution in [3.63, 3.8) is 0 Å². The van der Waals surface area contributed by atoms with Gasteiger partial charge in [-0.25, -0.2) is 0 Å². The van der Waals surface area contributed by atoms with Gasteiger partial charge in [0.1, 0.15) is 0 Å². The molecule has 1 aromatic rings. The van der Waals surface area contributed by atoms with Crippen LogP contribution < -0.4 is 10.6 Å². The zero-order chi connectivity index (χ0) is 15.6. The molecule has 0 atom stereocenters. The second kappa shape index (κ2) is 5.73. The van der Waals surface area contributed by atoms with E-state index in [1.165, 1.54) is 12.1 Å². The Labute approximate surface area is 116 Å². The van der Waals surface area contributed by atoms with Crippen LogP contribution in [0, 0.1) is 0 Å². The highest BCUT2D eigenvalue weighted by molar-refractivity contribution is 5.95. The summed E-state index contributed by atoms with van der Waals surface area (Å²) in [6, 6.07) is 3.54. The fraction of sp³-hybridized carbons (Fsp3) is 0.500. The fourth-order valence-electron chi connectivity index (χ4n) is 1.68. The van der Waals surface area contributed by atoms with Gasteiger partial charge in [-0.3, -0.25) is 4.79 Å². The minimum atomic E-state index is -4.50. The second-order valence-corrected chi connectivity index (χ2v) is 5.49. The Kier molecular flexibility index (Phi) is 4.68. The Morgan fingerprint density at radius 3 is 2.25 bits per heavy atom. The van der Waals surface area contributed by atoms with Gasteiger partial charge >= 0.3 is 6.18 Å². The van der Waals surface area contributed by atoms with E-state index in [0.717, 1.165) is 6.07 Å². The van der Waals surface area contributed by atoms with Gasteiger partial charge in [-0.05, 0) is 45.9 Å². The van der Waals surface area contributed by atoms with Crippen LogP contribution in [0.1, 0.15) is 43.6 Å². The van der Waals surface area contributed by atoms with Gasteiger partial charge in [-0.2, -0.15) is 13.2 Å². The van der Waals surface area contributed by atoms with E-state index in [-0.39, 0.29) is 11.3 Å². The van der Waals surface area contributed by atoms with Crippen LogP contribution in [-0.2, 0) is 6.18 Å². The van der Waals surface area contributed by atoms with Crippen LogP contribution >= 0.6 is 0 Å². The van der Waals surface area contributed by atoms with Crippen LogP contribution in [-0.4, -0.2) is 18.0 Å². The van der Waals surface area contributed by atoms with Gasteiger partial charge in [-0.1, -0.05) is 0 Å². The van der Waals surface area contributed by atoms with Gasteiger partial charge in [0.05, 0.1) is 5.56 Å². The number of carbonyl (C=O) groups excluding carboxylic acids is 1. The van der Waals surface area contributed by atoms with Gasteiger partial charge in [0.25, 0.3) is 5.91 Å². The molecular weight excluding hydrogens is 269 g/mol. The summed E-state index contributed by atoms with van der Waals surface area (Å²) >= 11 is 0. The number of anilines is 1. The van der Waals surface area contributed by atoms with Crippen molar-refractivity contribution in [2.45, 2.75) is 39.4 Å². The lowest BCUT2D eigenvalue weighted by molar-refractivity contribution is -0.137. The molecule has 0 spiro atoms. The number of nitrogens with one attached hydrogen (secondary N) is 2. The van der Waals surface area contributed by atoms with Crippen LogP contribution in [0.3, 0.4) is 0 Å². The summed E-state index contributed by atoms with van der Waals surface area (Å²) in [5.74, 6) is -0.522. The lowest BCUT2D eigenvalue weighted by Crippen LogP contribution is -2.40. The predicted molar refractivity (Wildman–Crippen MR) is 72.8 cm³/mol. The molecule has 0 radical (unpaired) electrons. The average molecular weight is 288 g/mol. The topological polar surface area (TPSA) is 41.1 Å². The highest BCUT2D eigenvalue weighted by Gasteiger charge is 2.34. The predicted octanol–water partition coefficient (Wildman–Crippen LogP) is 3.67. The SMILES string of the molecule is CCNc1ccc(C(=O)NC(C)(C)C)cc1C(F)(F)F. The summed E-state index contributed by atoms with van der Waals surface area (Å²) < 4.78 is 38.9. The number of benzene rings is 1. The van der Waals surface area contributed by atoms with E-state index >= 15 is 0 Å². The van der Waals surface area contributed by atoms with E-state index in [1.807, 2.05) is 0 Å². The van der Waals surface area contributed by atoms with Gasteiger partial charge in [-0.15, -0.1) is 0 Å². The molecule has 112 valence electrons. The lowest BCUT2D eigenvalue weighted by Gasteiger charge is -2.21. The maximum atomic E-state index is 13.0. The Morgan fingerprint density at radius 1 is 1.20 bits per heavy atom. The highest BCUT2D eigenvalue weighted by atomic mass is 19.4. The first-order valence-corrected chi connectivity index (χ1v) is 6.32. The van der Waals surface area contributed by atoms with E-state index in [0.29, 0.717) is 6.54 Å². The summed E-state index contributed by atoms with van der Waals surface area (Å²) in [5, 5.41) is 5.28. The molecule has 6 heteroatoms. The molecule has 1 rings (SSSR count). The van der Waals surface area contributed by atoms with Crippen molar-refractivity contribution in [1.82, 2.24) is 5.32 Å². The standard InChI is InChI=1S/C14H19F3N2O/c1-5-18-11-7-6-9(8-10(11)14(15,16)17)12(20)19-13(2,3)4/h6-8,18H,5H2,1-4H3,(H,19,20). The van der Waals surface area contributed by atoms with Crippen molar-refractivity contribution in [2.24, 2.45) is 0 Å². The summed E-state index contributed by atoms with van der Waals surface area (Å²) in [7, 11) is 0. The van der Waals surface area contributed by atoms with Gasteiger partial charge < -0.3 is 10.6 Å². The van der Waals surface area contributed by atoms with Crippen molar-refractivity contribution >= 4 is 11.6 Å². The van der Waals surface area contributed by atoms with Gasteiger partial charge in [0.15, 0.2) is 0 Å². The molecule has 0 aromatic heterocycles. The molecule has 20 heavy (non-hydrogen) atoms. The van der Waals surface area contributed by atoms with Crippen LogP contribution in [0.15, 0.2) is 18.2 Å². The summed E-state index contributed by atoms with van der Waals surface area (Å²) in [4.78, 5) is 11.9. The molecule has 1 amide bonds. The first-order valence-electron chi connectivity index (χ1n) is 6.32. The van der Waals surface area contributed by atoms with Crippen LogP contribution in [0.25, 0.3) is 0 Å². The number of hydrogen-bond acceptors (Lipinski definition) is 2. The number of amides is 1. The normalized spacial score (nSPS) is 12.2. The minimum Gasteiger partial charge on any atom is -0.385 e. The van der Waals surface area contributed by atoms with E-state index in [4.69, 9.17) is 0 Å². The molecule has 0 unspecified atom stereocenters. The molecule has 0 aliphatic heterocycles. The largest absolute Gasteiger partial charge is 0.418 e. The van der Waals surface area contributed by atoms with Crippen molar-refractivity contribution in [3.8, 4) is 0 Å². The summed E-state index contributed by atoms with van der Waals surface area (Å²) in [6.07, 6.45) is -4.50. The van der Waals surface area contributed by atoms with Crippen LogP contribution in [0.5, 0.6) is 0 Å². The van der Waals surface area contributed by atoms with Crippen molar-refractivity contribution in [3.05, 3.63) is 29.3 Å². The van der Waals surface area contributed by atoms with E-state index < -0.39 is 23.2 Å². The third-order valence-electron chi connectivity index (χ3n) is 2.44. The maximum absolute atomic E-state index is 13.0. The summed E-state index contributed by atoms with van der Waals surface area (Å²) in [6.45, 7) is 7.38. The van der Waals surface area contributed by atoms with Crippen molar-refractivity contribution in [2.75, 3.05) is 11.9 Å². The molecule has 3 nitrogen and oxygen atoms in total. The molecule has 0 saturated carbocycles. The monoisotopic (exact) mass is 288 g/mol. The second-order valence-electron chi connectivity index (χ2n) is 5.49. The molecule has 1 aromatic carbocycles. The number of carbonyl (C=O) groups is 1. The van der Waals surface area contributed by atoms with Gasteiger partial charge in [0, 0.05) is 23.3 Å². The highest BCUT2D eigenvalue weighted by Crippen LogP contribution is 2.35. The molecular formula is C14H19F3N2O. The molecule has 0 bridgehead atoms. The van der Waals surface area contributed by atoms with E-state index in [1.54, 1.807) is 27.7 Å². The smallest absolute Gasteiger partial charge is 0.385 e. The molecule has 0 aliphatic rings. The minimum absolute atomic E-state index is 0.00565. The third kappa shape index (κ3) is 4.43. The number of alkyl halides is 3. The Morgan fingerprint density at radius 2 is 1.80 bits per heavy atom. The Hall–Kier alpha value is -1.72. The van der Waals surface area contributed by atoms with Crippen molar-refractivity contribution in [1.29, 1.82) is 0 Å². The Balaban J connectivity index is 3.16. The quantitative estimate of drug-likeness (QED) is 0.891. The molecule has 2 N–H and O–H groups in total. The first-order chi connectivity index (χ1) is 9.04. The number of rotatable bonds is 3. The third-order valence-corrected chi connectivity index (χ3v) is 2.44. The zero-order valence-corrected chi connectivity index (χ0v) is 12.0. The van der Waals surface area contributed by atoms with Gasteiger partial charge in [0.2, 0.25) is 0 Å². The van der Waals surface area contributed by atoms with E-state index in [9.17, 15) is 18.0 Å². The molecule has 0 saturated heterocycles. The molecule has 0 aliphatic carbocycles. The average Bonchev–Trinajstić information content (AvgIpc) is 2.26. The number of halogens is 3. The van der Waals surface area contributed by atoms with Crippen molar-refractivity contribution < 1.29 is 18.0 Å². The molecule has 0 fully saturated rings. The van der Waals surface area contributed by atoms with Crippen LogP contribution in [0.2, 0.25) is 0 Å². The van der Waals surface area contributed by atoms with E-state index in [2.05, 4.69) is 10.6 Å². The first kappa shape index (κ1) is 16.3. The van der Waals surface area contributed by atoms with Crippen LogP contribution in [0.4, 0.5) is 18.9 Å².